The van der Waals surface area contributed by atoms with Gasteiger partial charge in [0.2, 0.25) is 0 Å². The zero-order valence-electron chi connectivity index (χ0n) is 62.1. The number of hydrogen-bond acceptors (Lipinski definition) is 1. The normalized spacial score (nSPS) is 15.6. The fraction of sp³-hybridized carbons (Fsp3) is 0.216. The fourth-order valence-corrected chi connectivity index (χ4v) is 15.9. The SMILES string of the molecule is CC(C)(C)[N-]P1(=[OH+])CCCC1.CC12CCN3CCN(CC1)P3(=[OH+])[N-]2.COc1ccc([N-]P(C)(C)=[OH+])cc1.[CH2-]c1ccccc1.[CH2-]c1ccccc1.[CH2-]c1ccccc1.[CH2-]c1ccccc1.[CH2-]c1ccccc1.[CH2-]c1ccccc1.[CH2-]c1ccccc1.[CH2-]c1ccccc1.[CH2-]c1ccccc1.[Hf].[Hf].[Ti+3]. The van der Waals surface area contributed by atoms with Gasteiger partial charge in [-0.3, -0.25) is 0 Å². The monoisotopic (exact) mass is 1800 g/mol. The number of hydrogen-bond donors (Lipinski definition) is 0. The quantitative estimate of drug-likeness (QED) is 0.0755. The van der Waals surface area contributed by atoms with Crippen LogP contribution in [0.4, 0.5) is 5.69 Å². The van der Waals surface area contributed by atoms with Crippen molar-refractivity contribution in [3.8, 4) is 5.75 Å². The summed E-state index contributed by atoms with van der Waals surface area (Å²) in [5.41, 5.74) is 10.5. The van der Waals surface area contributed by atoms with Gasteiger partial charge in [0.15, 0.2) is 14.6 Å². The van der Waals surface area contributed by atoms with E-state index in [0.29, 0.717) is 0 Å². The molecule has 545 valence electrons. The van der Waals surface area contributed by atoms with Crippen LogP contribution in [0.1, 0.15) is 103 Å². The summed E-state index contributed by atoms with van der Waals surface area (Å²) >= 11 is 0. The maximum absolute atomic E-state index is 10.5. The molecule has 3 N–H and O–H groups in total. The van der Waals surface area contributed by atoms with Gasteiger partial charge < -0.3 is 33.7 Å². The van der Waals surface area contributed by atoms with Crippen molar-refractivity contribution in [3.63, 3.8) is 0 Å². The number of fused-ring (bicyclic) bond motifs is 1. The summed E-state index contributed by atoms with van der Waals surface area (Å²) in [5, 5.41) is 13.4. The van der Waals surface area contributed by atoms with Gasteiger partial charge in [0.1, 0.15) is 5.75 Å². The van der Waals surface area contributed by atoms with Crippen LogP contribution in [0.15, 0.2) is 297 Å². The topological polar surface area (TPSA) is 122 Å². The first-order chi connectivity index (χ1) is 47.6. The molecule has 0 aliphatic carbocycles. The van der Waals surface area contributed by atoms with E-state index >= 15 is 0 Å². The molecule has 10 aromatic rings. The first-order valence-corrected chi connectivity index (χ1v) is 39.8. The first kappa shape index (κ1) is 96.6. The van der Waals surface area contributed by atoms with E-state index < -0.39 is 22.2 Å². The van der Waals surface area contributed by atoms with Crippen LogP contribution in [0, 0.1) is 62.3 Å². The van der Waals surface area contributed by atoms with E-state index in [0.717, 1.165) is 113 Å². The molecule has 0 atom stereocenters. The molecule has 103 heavy (non-hydrogen) atoms. The largest absolute Gasteiger partial charge is 3.00 e. The van der Waals surface area contributed by atoms with Crippen molar-refractivity contribution in [2.24, 2.45) is 0 Å². The molecular formula is C88H111Hf2N5O4P3Ti-6. The number of rotatable bonds is 4. The van der Waals surface area contributed by atoms with E-state index in [2.05, 4.69) is 110 Å². The second kappa shape index (κ2) is 54.2. The molecule has 14 rings (SSSR count). The van der Waals surface area contributed by atoms with E-state index in [1.165, 1.54) is 12.8 Å². The number of benzene rings is 10. The molecule has 4 saturated heterocycles. The van der Waals surface area contributed by atoms with Gasteiger partial charge >= 0.3 is 21.7 Å². The Morgan fingerprint density at radius 3 is 0.806 bits per heavy atom. The Labute approximate surface area is 676 Å². The molecule has 2 bridgehead atoms. The minimum absolute atomic E-state index is 0. The van der Waals surface area contributed by atoms with Crippen LogP contribution in [0.3, 0.4) is 0 Å². The van der Waals surface area contributed by atoms with Crippen LogP contribution >= 0.6 is 22.2 Å². The van der Waals surface area contributed by atoms with Crippen LogP contribution in [-0.4, -0.2) is 93.1 Å². The van der Waals surface area contributed by atoms with Crippen molar-refractivity contribution in [3.05, 3.63) is 425 Å². The molecule has 4 fully saturated rings. The summed E-state index contributed by atoms with van der Waals surface area (Å²) in [6.45, 7) is 49.5. The molecule has 4 aliphatic heterocycles. The molecule has 0 amide bonds. The summed E-state index contributed by atoms with van der Waals surface area (Å²) in [4.78, 5) is 0. The van der Waals surface area contributed by atoms with Crippen molar-refractivity contribution in [2.45, 2.75) is 64.5 Å². The van der Waals surface area contributed by atoms with Crippen LogP contribution < -0.4 is 4.74 Å². The predicted molar refractivity (Wildman–Crippen MR) is 439 cm³/mol. The molecule has 15 heteroatoms. The van der Waals surface area contributed by atoms with Gasteiger partial charge in [-0.2, -0.15) is 222 Å². The Morgan fingerprint density at radius 2 is 0.631 bits per heavy atom. The number of methoxy groups -OCH3 is 1. The Bertz CT molecular complexity index is 3230. The van der Waals surface area contributed by atoms with Crippen molar-refractivity contribution >= 4 is 27.9 Å². The third-order valence-corrected chi connectivity index (χ3v) is 21.2. The van der Waals surface area contributed by atoms with Crippen LogP contribution in [-0.2, 0) is 73.4 Å². The fourth-order valence-electron chi connectivity index (χ4n) is 9.32. The molecule has 0 unspecified atom stereocenters. The molecular weight excluding hydrogens is 1690 g/mol. The minimum Gasteiger partial charge on any atom is -0.585 e. The molecule has 4 heterocycles. The summed E-state index contributed by atoms with van der Waals surface area (Å²) in [6, 6.07) is 96.2. The van der Waals surface area contributed by atoms with E-state index in [-0.39, 0.29) is 84.5 Å². The van der Waals surface area contributed by atoms with Crippen LogP contribution in [0.5, 0.6) is 5.75 Å². The first-order valence-electron chi connectivity index (χ1n) is 33.6. The molecule has 0 spiro atoms. The zero-order chi connectivity index (χ0) is 73.6. The summed E-state index contributed by atoms with van der Waals surface area (Å²) in [5.74, 6) is 0.799. The van der Waals surface area contributed by atoms with Gasteiger partial charge in [0.05, 0.1) is 7.11 Å². The van der Waals surface area contributed by atoms with Gasteiger partial charge in [0.25, 0.3) is 7.59 Å². The third-order valence-electron chi connectivity index (χ3n) is 14.4. The Balaban J connectivity index is 0.00000111. The maximum atomic E-state index is 10.5. The second-order valence-electron chi connectivity index (χ2n) is 25.3. The van der Waals surface area contributed by atoms with Crippen LogP contribution in [0.2, 0.25) is 0 Å². The third kappa shape index (κ3) is 47.6. The minimum atomic E-state index is -2.16. The van der Waals surface area contributed by atoms with Gasteiger partial charge in [-0.15, -0.1) is 126 Å². The van der Waals surface area contributed by atoms with Gasteiger partial charge in [-0.25, -0.2) is 9.34 Å². The van der Waals surface area contributed by atoms with E-state index in [1.807, 2.05) is 297 Å². The summed E-state index contributed by atoms with van der Waals surface area (Å²) in [7, 11) is -4.43. The van der Waals surface area contributed by atoms with E-state index in [1.54, 1.807) is 20.4 Å². The molecule has 1 radical (unpaired) electrons. The van der Waals surface area contributed by atoms with Gasteiger partial charge in [-0.1, -0.05) is 107 Å². The average molecular weight is 1800 g/mol. The molecule has 10 aromatic carbocycles. The molecule has 0 aromatic heterocycles. The summed E-state index contributed by atoms with van der Waals surface area (Å²) in [6.07, 6.45) is 6.52. The Hall–Kier alpha value is -6.39. The Kier molecular flexibility index (Phi) is 50.9. The van der Waals surface area contributed by atoms with Gasteiger partial charge in [0, 0.05) is 104 Å². The molecule has 9 nitrogen and oxygen atoms in total. The van der Waals surface area contributed by atoms with Crippen molar-refractivity contribution in [2.75, 3.05) is 58.9 Å². The zero-order valence-corrected chi connectivity index (χ0v) is 73.5. The molecule has 4 aliphatic rings. The number of ether oxygens (including phenoxy) is 1. The van der Waals surface area contributed by atoms with Gasteiger partial charge in [-0.05, 0) is 25.0 Å². The standard InChI is InChI=1S/C9H13NO2P.C8H15N3OP.C8H17NOP.9C7H7.2Hf.Ti/c1-12-9-6-4-8(5-7-9)10-13(2,3)11;1-8-2-4-10-6-7-11(5-3-8)13(10,12)9-8;1-8(2,3)9-11(10)6-4-5-7-11;9*1-7-5-3-2-4-6-7;;;/h4-7H,1-3H3;2-7H2,1H3;4-7H2,1-3H3;9*2-6H,1H2;;;/q12*-1;;;+3/p+3. The second-order valence-corrected chi connectivity index (χ2v) is 33.5. The smallest absolute Gasteiger partial charge is 0.585 e. The average Bonchev–Trinajstić information content (AvgIpc) is 1.64. The molecule has 0 saturated carbocycles. The van der Waals surface area contributed by atoms with Crippen molar-refractivity contribution in [1.29, 1.82) is 0 Å². The van der Waals surface area contributed by atoms with Crippen LogP contribution in [0.25, 0.3) is 15.3 Å². The van der Waals surface area contributed by atoms with Crippen molar-refractivity contribution < 1.29 is 91.8 Å². The maximum Gasteiger partial charge on any atom is 3.00 e. The van der Waals surface area contributed by atoms with E-state index in [4.69, 9.17) is 9.82 Å². The van der Waals surface area contributed by atoms with E-state index in [9.17, 15) is 13.7 Å². The number of nitrogens with zero attached hydrogens (tertiary/aromatic N) is 5. The Morgan fingerprint density at radius 1 is 0.408 bits per heavy atom. The predicted octanol–water partition coefficient (Wildman–Crippen LogP) is 24.8. The van der Waals surface area contributed by atoms with Crippen molar-refractivity contribution in [1.82, 2.24) is 9.34 Å². The summed E-state index contributed by atoms with van der Waals surface area (Å²) < 4.78 is 39.4.